The molecule has 0 atom stereocenters. The number of hydrogen-bond acceptors (Lipinski definition) is 2. The molecule has 0 saturated carbocycles. The third-order valence-electron chi connectivity index (χ3n) is 0.923. The molecule has 1 heterocycles. The van der Waals surface area contributed by atoms with E-state index in [1.54, 1.807) is 18.5 Å². The molecule has 51 valence electrons. The second-order valence-electron chi connectivity index (χ2n) is 1.60. The highest BCUT2D eigenvalue weighted by Crippen LogP contribution is 2.08. The Kier molecular flexibility index (Phi) is 2.39. The maximum atomic E-state index is 9.78. The normalized spacial score (nSPS) is 8.90. The van der Waals surface area contributed by atoms with E-state index < -0.39 is 0 Å². The third kappa shape index (κ3) is 1.80. The molecule has 1 N–H and O–H groups in total. The molecule has 1 aromatic heterocycles. The van der Waals surface area contributed by atoms with Crippen molar-refractivity contribution in [3.63, 3.8) is 0 Å². The maximum Gasteiger partial charge on any atom is 0.314 e. The van der Waals surface area contributed by atoms with Crippen LogP contribution < -0.4 is 5.32 Å². The molecule has 1 radical (unpaired) electrons. The van der Waals surface area contributed by atoms with Gasteiger partial charge in [-0.3, -0.25) is 4.79 Å². The fourth-order valence-corrected chi connectivity index (χ4v) is 0.743. The smallest absolute Gasteiger partial charge is 0.314 e. The predicted octanol–water partition coefficient (Wildman–Crippen LogP) is 1.32. The van der Waals surface area contributed by atoms with Gasteiger partial charge < -0.3 is 5.32 Å². The van der Waals surface area contributed by atoms with Crippen LogP contribution in [0.1, 0.15) is 0 Å². The lowest BCUT2D eigenvalue weighted by Crippen LogP contribution is -1.93. The lowest BCUT2D eigenvalue weighted by Gasteiger charge is -1.94. The van der Waals surface area contributed by atoms with Crippen molar-refractivity contribution in [3.05, 3.63) is 22.9 Å². The molecule has 4 heteroatoms. The van der Waals surface area contributed by atoms with Crippen LogP contribution in [0, 0.1) is 0 Å². The van der Waals surface area contributed by atoms with Gasteiger partial charge in [-0.2, -0.15) is 0 Å². The Morgan fingerprint density at radius 2 is 2.40 bits per heavy atom. The minimum Gasteiger partial charge on any atom is -0.316 e. The number of nitrogens with zero attached hydrogens (tertiary/aromatic N) is 1. The van der Waals surface area contributed by atoms with Crippen molar-refractivity contribution >= 4 is 28.0 Å². The van der Waals surface area contributed by atoms with Crippen molar-refractivity contribution in [1.82, 2.24) is 4.98 Å². The fraction of sp³-hybridized carbons (Fsp3) is 0. The summed E-state index contributed by atoms with van der Waals surface area (Å²) in [5.74, 6) is 0. The summed E-state index contributed by atoms with van der Waals surface area (Å²) in [5, 5.41) is 2.35. The molecule has 1 amide bonds. The monoisotopic (exact) mass is 199 g/mol. The number of nitrogens with one attached hydrogen (secondary N) is 1. The summed E-state index contributed by atoms with van der Waals surface area (Å²) in [4.78, 5) is 13.7. The van der Waals surface area contributed by atoms with Crippen LogP contribution in [0.15, 0.2) is 22.9 Å². The third-order valence-corrected chi connectivity index (χ3v) is 1.39. The zero-order valence-electron chi connectivity index (χ0n) is 4.97. The summed E-state index contributed by atoms with van der Waals surface area (Å²) >= 11 is 3.16. The summed E-state index contributed by atoms with van der Waals surface area (Å²) in [5.41, 5.74) is 0.637. The molecule has 0 bridgehead atoms. The van der Waals surface area contributed by atoms with E-state index in [-0.39, 0.29) is 0 Å². The minimum absolute atomic E-state index is 0.637. The number of rotatable bonds is 2. The summed E-state index contributed by atoms with van der Waals surface area (Å²) < 4.78 is 0.740. The van der Waals surface area contributed by atoms with E-state index in [4.69, 9.17) is 0 Å². The molecule has 0 fully saturated rings. The molecule has 0 aliphatic rings. The Labute approximate surface area is 66.6 Å². The summed E-state index contributed by atoms with van der Waals surface area (Å²) in [6.07, 6.45) is 3.08. The molecule has 1 rings (SSSR count). The van der Waals surface area contributed by atoms with Crippen molar-refractivity contribution in [2.24, 2.45) is 0 Å². The van der Waals surface area contributed by atoms with Gasteiger partial charge >= 0.3 is 6.41 Å². The molecule has 0 aliphatic heterocycles. The number of anilines is 1. The van der Waals surface area contributed by atoms with E-state index in [0.29, 0.717) is 5.69 Å². The van der Waals surface area contributed by atoms with Gasteiger partial charge in [0.1, 0.15) is 4.60 Å². The first-order chi connectivity index (χ1) is 4.83. The van der Waals surface area contributed by atoms with Gasteiger partial charge in [0.05, 0.1) is 11.9 Å². The average molecular weight is 200 g/mol. The first-order valence-corrected chi connectivity index (χ1v) is 3.37. The van der Waals surface area contributed by atoms with E-state index in [0.717, 1.165) is 4.60 Å². The number of hydrogen-bond donors (Lipinski definition) is 1. The first-order valence-electron chi connectivity index (χ1n) is 2.57. The first kappa shape index (κ1) is 7.21. The highest BCUT2D eigenvalue weighted by atomic mass is 79.9. The van der Waals surface area contributed by atoms with Crippen LogP contribution in [-0.2, 0) is 4.79 Å². The van der Waals surface area contributed by atoms with Gasteiger partial charge in [-0.05, 0) is 28.1 Å². The number of halogens is 1. The van der Waals surface area contributed by atoms with Crippen molar-refractivity contribution in [3.8, 4) is 0 Å². The van der Waals surface area contributed by atoms with Crippen LogP contribution in [0.25, 0.3) is 0 Å². The zero-order valence-corrected chi connectivity index (χ0v) is 6.55. The van der Waals surface area contributed by atoms with E-state index in [1.165, 1.54) is 6.20 Å². The predicted molar refractivity (Wildman–Crippen MR) is 41.3 cm³/mol. The highest BCUT2D eigenvalue weighted by molar-refractivity contribution is 9.10. The second-order valence-corrected chi connectivity index (χ2v) is 2.41. The summed E-state index contributed by atoms with van der Waals surface area (Å²) in [6, 6.07) is 3.46. The van der Waals surface area contributed by atoms with Crippen LogP contribution in [0.5, 0.6) is 0 Å². The summed E-state index contributed by atoms with van der Waals surface area (Å²) in [7, 11) is 0. The van der Waals surface area contributed by atoms with E-state index in [2.05, 4.69) is 26.2 Å². The van der Waals surface area contributed by atoms with Crippen molar-refractivity contribution in [2.45, 2.75) is 0 Å². The maximum absolute atomic E-state index is 9.78. The Morgan fingerprint density at radius 1 is 1.60 bits per heavy atom. The van der Waals surface area contributed by atoms with Gasteiger partial charge in [0.2, 0.25) is 0 Å². The fourth-order valence-electron chi connectivity index (χ4n) is 0.509. The van der Waals surface area contributed by atoms with Crippen LogP contribution in [0.2, 0.25) is 0 Å². The van der Waals surface area contributed by atoms with Gasteiger partial charge in [0, 0.05) is 0 Å². The van der Waals surface area contributed by atoms with Gasteiger partial charge in [-0.1, -0.05) is 0 Å². The SMILES string of the molecule is O=[C]Nc1ccc(Br)nc1. The molecule has 0 saturated heterocycles. The number of aromatic nitrogens is 1. The van der Waals surface area contributed by atoms with Crippen LogP contribution >= 0.6 is 15.9 Å². The Morgan fingerprint density at radius 3 is 2.90 bits per heavy atom. The lowest BCUT2D eigenvalue weighted by atomic mass is 10.4. The quantitative estimate of drug-likeness (QED) is 0.577. The van der Waals surface area contributed by atoms with E-state index in [9.17, 15) is 4.79 Å². The Hall–Kier alpha value is -0.900. The molecule has 0 unspecified atom stereocenters. The van der Waals surface area contributed by atoms with Gasteiger partial charge in [0.25, 0.3) is 0 Å². The second kappa shape index (κ2) is 3.31. The molecule has 0 spiro atoms. The van der Waals surface area contributed by atoms with Gasteiger partial charge in [-0.25, -0.2) is 4.98 Å². The molecule has 10 heavy (non-hydrogen) atoms. The van der Waals surface area contributed by atoms with Crippen molar-refractivity contribution in [1.29, 1.82) is 0 Å². The number of carbonyl (C=O) groups excluding carboxylic acids is 1. The largest absolute Gasteiger partial charge is 0.316 e. The average Bonchev–Trinajstić information content (AvgIpc) is 1.95. The molecular formula is C6H4BrN2O. The van der Waals surface area contributed by atoms with Crippen LogP contribution in [-0.4, -0.2) is 11.4 Å². The molecular weight excluding hydrogens is 196 g/mol. The number of amides is 1. The molecule has 3 nitrogen and oxygen atoms in total. The molecule has 1 aromatic rings. The highest BCUT2D eigenvalue weighted by Gasteiger charge is 1.89. The topological polar surface area (TPSA) is 42.0 Å². The van der Waals surface area contributed by atoms with Crippen molar-refractivity contribution < 1.29 is 4.79 Å². The summed E-state index contributed by atoms with van der Waals surface area (Å²) in [6.45, 7) is 0. The minimum atomic E-state index is 0.637. The van der Waals surface area contributed by atoms with Gasteiger partial charge in [-0.15, -0.1) is 0 Å². The lowest BCUT2D eigenvalue weighted by molar-refractivity contribution is 0.561. The number of pyridine rings is 1. The Bertz CT molecular complexity index is 222. The van der Waals surface area contributed by atoms with E-state index >= 15 is 0 Å². The van der Waals surface area contributed by atoms with E-state index in [1.807, 2.05) is 0 Å². The van der Waals surface area contributed by atoms with Gasteiger partial charge in [0.15, 0.2) is 0 Å². The van der Waals surface area contributed by atoms with Crippen LogP contribution in [0.3, 0.4) is 0 Å². The molecule has 0 aliphatic carbocycles. The van der Waals surface area contributed by atoms with Crippen LogP contribution in [0.4, 0.5) is 5.69 Å². The zero-order chi connectivity index (χ0) is 7.40. The van der Waals surface area contributed by atoms with Crippen molar-refractivity contribution in [2.75, 3.05) is 5.32 Å². The standard InChI is InChI=1S/C6H4BrN2O/c7-6-2-1-5(3-8-6)9-4-10/h1-3H,(H,9,10). The Balaban J connectivity index is 2.78. The molecule has 0 aromatic carbocycles.